The lowest BCUT2D eigenvalue weighted by molar-refractivity contribution is 0.618. The number of nitrogens with one attached hydrogen (secondary N) is 1. The Morgan fingerprint density at radius 1 is 1.38 bits per heavy atom. The maximum Gasteiger partial charge on any atom is 0.334 e. The fourth-order valence-corrected chi connectivity index (χ4v) is 2.70. The molecule has 0 spiro atoms. The molecule has 0 atom stereocenters. The van der Waals surface area contributed by atoms with E-state index in [2.05, 4.69) is 20.9 Å². The molecule has 0 saturated heterocycles. The van der Waals surface area contributed by atoms with E-state index in [4.69, 9.17) is 11.6 Å². The van der Waals surface area contributed by atoms with E-state index in [1.165, 1.54) is 12.1 Å². The van der Waals surface area contributed by atoms with Crippen LogP contribution in [0.5, 0.6) is 0 Å². The molecule has 2 rings (SSSR count). The molecule has 1 aromatic carbocycles. The van der Waals surface area contributed by atoms with Gasteiger partial charge < -0.3 is 0 Å². The molecule has 0 saturated carbocycles. The Hall–Kier alpha value is -1.40. The van der Waals surface area contributed by atoms with E-state index in [0.29, 0.717) is 29.7 Å². The van der Waals surface area contributed by atoms with Gasteiger partial charge in [0.15, 0.2) is 0 Å². The largest absolute Gasteiger partial charge is 0.334 e. The normalized spacial score (nSPS) is 10.9. The van der Waals surface area contributed by atoms with E-state index >= 15 is 0 Å². The average molecular weight is 376 g/mol. The van der Waals surface area contributed by atoms with Crippen LogP contribution >= 0.6 is 27.5 Å². The summed E-state index contributed by atoms with van der Waals surface area (Å²) in [5.74, 6) is -0.455. The topological polar surface area (TPSA) is 54.9 Å². The van der Waals surface area contributed by atoms with Crippen LogP contribution in [0.1, 0.15) is 24.5 Å². The minimum Gasteiger partial charge on any atom is -0.297 e. The van der Waals surface area contributed by atoms with Crippen molar-refractivity contribution in [3.63, 3.8) is 0 Å². The summed E-state index contributed by atoms with van der Waals surface area (Å²) >= 11 is 8.99. The van der Waals surface area contributed by atoms with Gasteiger partial charge in [-0.25, -0.2) is 13.8 Å². The molecule has 0 radical (unpaired) electrons. The Morgan fingerprint density at radius 3 is 2.67 bits per heavy atom. The molecule has 0 amide bonds. The molecule has 0 aliphatic heterocycles. The lowest BCUT2D eigenvalue weighted by atomic mass is 10.1. The molecular formula is C14H13BrClFN2O2. The molecule has 112 valence electrons. The van der Waals surface area contributed by atoms with Crippen LogP contribution in [-0.4, -0.2) is 9.55 Å². The lowest BCUT2D eigenvalue weighted by Gasteiger charge is -2.11. The maximum atomic E-state index is 13.5. The predicted octanol–water partition coefficient (Wildman–Crippen LogP) is 3.34. The van der Waals surface area contributed by atoms with Gasteiger partial charge in [-0.05, 0) is 47.0 Å². The lowest BCUT2D eigenvalue weighted by Crippen LogP contribution is -2.36. The average Bonchev–Trinajstić information content (AvgIpc) is 2.40. The van der Waals surface area contributed by atoms with Gasteiger partial charge in [0, 0.05) is 0 Å². The molecule has 2 aromatic rings. The van der Waals surface area contributed by atoms with Crippen molar-refractivity contribution in [3.05, 3.63) is 59.5 Å². The van der Waals surface area contributed by atoms with Gasteiger partial charge in [-0.1, -0.05) is 24.9 Å². The molecule has 1 heterocycles. The van der Waals surface area contributed by atoms with Crippen LogP contribution in [0, 0.1) is 12.7 Å². The standard InChI is InChI=1S/C14H13BrClFN2O2/c1-3-4-8-12(16)18-14(21)19(13(8)20)11-6-9(15)10(17)5-7(11)2/h5-6H,3-4H2,1-2H3,(H,18,21). The van der Waals surface area contributed by atoms with Crippen LogP contribution in [-0.2, 0) is 6.42 Å². The van der Waals surface area contributed by atoms with Gasteiger partial charge in [0.05, 0.1) is 15.7 Å². The molecule has 0 unspecified atom stereocenters. The van der Waals surface area contributed by atoms with E-state index in [1.807, 2.05) is 6.92 Å². The van der Waals surface area contributed by atoms with Crippen LogP contribution in [0.3, 0.4) is 0 Å². The fourth-order valence-electron chi connectivity index (χ4n) is 2.11. The first-order valence-corrected chi connectivity index (χ1v) is 7.53. The highest BCUT2D eigenvalue weighted by atomic mass is 79.9. The van der Waals surface area contributed by atoms with Crippen molar-refractivity contribution >= 4 is 27.5 Å². The van der Waals surface area contributed by atoms with Crippen molar-refractivity contribution in [3.8, 4) is 5.69 Å². The third kappa shape index (κ3) is 2.96. The third-order valence-corrected chi connectivity index (χ3v) is 4.06. The van der Waals surface area contributed by atoms with E-state index in [1.54, 1.807) is 6.92 Å². The van der Waals surface area contributed by atoms with Crippen LogP contribution < -0.4 is 11.2 Å². The van der Waals surface area contributed by atoms with Gasteiger partial charge in [0.25, 0.3) is 5.56 Å². The summed E-state index contributed by atoms with van der Waals surface area (Å²) in [5.41, 5.74) is 0.0221. The van der Waals surface area contributed by atoms with Gasteiger partial charge in [-0.2, -0.15) is 0 Å². The number of aromatic amines is 1. The second kappa shape index (κ2) is 6.15. The second-order valence-corrected chi connectivity index (χ2v) is 5.90. The van der Waals surface area contributed by atoms with Crippen LogP contribution in [0.15, 0.2) is 26.2 Å². The number of nitrogens with zero attached hydrogens (tertiary/aromatic N) is 1. The van der Waals surface area contributed by atoms with Gasteiger partial charge >= 0.3 is 5.69 Å². The number of hydrogen-bond acceptors (Lipinski definition) is 2. The Balaban J connectivity index is 2.82. The molecule has 0 aliphatic rings. The van der Waals surface area contributed by atoms with Gasteiger partial charge in [-0.3, -0.25) is 9.78 Å². The molecule has 7 heteroatoms. The van der Waals surface area contributed by atoms with Crippen molar-refractivity contribution in [1.82, 2.24) is 9.55 Å². The molecular weight excluding hydrogens is 363 g/mol. The zero-order valence-electron chi connectivity index (χ0n) is 11.5. The smallest absolute Gasteiger partial charge is 0.297 e. The quantitative estimate of drug-likeness (QED) is 0.837. The highest BCUT2D eigenvalue weighted by Gasteiger charge is 2.16. The first kappa shape index (κ1) is 16.0. The van der Waals surface area contributed by atoms with Crippen molar-refractivity contribution in [2.45, 2.75) is 26.7 Å². The molecule has 21 heavy (non-hydrogen) atoms. The number of benzene rings is 1. The number of rotatable bonds is 3. The van der Waals surface area contributed by atoms with E-state index < -0.39 is 17.1 Å². The molecule has 4 nitrogen and oxygen atoms in total. The number of H-pyrrole nitrogens is 1. The summed E-state index contributed by atoms with van der Waals surface area (Å²) in [6.45, 7) is 3.54. The summed E-state index contributed by atoms with van der Waals surface area (Å²) in [4.78, 5) is 27.0. The SMILES string of the molecule is CCCc1c(Cl)[nH]c(=O)n(-c2cc(Br)c(F)cc2C)c1=O. The Labute approximate surface area is 133 Å². The fraction of sp³-hybridized carbons (Fsp3) is 0.286. The van der Waals surface area contributed by atoms with Gasteiger partial charge in [-0.15, -0.1) is 0 Å². The molecule has 0 aliphatic carbocycles. The summed E-state index contributed by atoms with van der Waals surface area (Å²) in [7, 11) is 0. The van der Waals surface area contributed by atoms with Crippen molar-refractivity contribution in [2.75, 3.05) is 0 Å². The number of aromatic nitrogens is 2. The molecule has 0 fully saturated rings. The molecule has 0 bridgehead atoms. The second-order valence-electron chi connectivity index (χ2n) is 4.67. The number of hydrogen-bond donors (Lipinski definition) is 1. The van der Waals surface area contributed by atoms with Crippen molar-refractivity contribution in [1.29, 1.82) is 0 Å². The Kier molecular flexibility index (Phi) is 4.68. The molecule has 1 N–H and O–H groups in total. The third-order valence-electron chi connectivity index (χ3n) is 3.13. The minimum atomic E-state index is -0.647. The van der Waals surface area contributed by atoms with Crippen LogP contribution in [0.4, 0.5) is 4.39 Å². The van der Waals surface area contributed by atoms with E-state index in [0.717, 1.165) is 4.57 Å². The maximum absolute atomic E-state index is 13.5. The first-order valence-electron chi connectivity index (χ1n) is 6.36. The number of halogens is 3. The summed E-state index contributed by atoms with van der Waals surface area (Å²) in [6, 6.07) is 2.67. The van der Waals surface area contributed by atoms with Gasteiger partial charge in [0.2, 0.25) is 0 Å². The number of aryl methyl sites for hydroxylation is 1. The minimum absolute atomic E-state index is 0.0573. The molecule has 1 aromatic heterocycles. The highest BCUT2D eigenvalue weighted by molar-refractivity contribution is 9.10. The highest BCUT2D eigenvalue weighted by Crippen LogP contribution is 2.22. The van der Waals surface area contributed by atoms with Crippen LogP contribution in [0.2, 0.25) is 5.15 Å². The van der Waals surface area contributed by atoms with E-state index in [-0.39, 0.29) is 9.63 Å². The van der Waals surface area contributed by atoms with Crippen molar-refractivity contribution < 1.29 is 4.39 Å². The van der Waals surface area contributed by atoms with E-state index in [9.17, 15) is 14.0 Å². The Morgan fingerprint density at radius 2 is 2.05 bits per heavy atom. The zero-order chi connectivity index (χ0) is 15.7. The first-order chi connectivity index (χ1) is 9.86. The monoisotopic (exact) mass is 374 g/mol. The predicted molar refractivity (Wildman–Crippen MR) is 84.1 cm³/mol. The summed E-state index contributed by atoms with van der Waals surface area (Å²) in [6.07, 6.45) is 1.17. The zero-order valence-corrected chi connectivity index (χ0v) is 13.8. The summed E-state index contributed by atoms with van der Waals surface area (Å²) in [5, 5.41) is 0.0573. The Bertz CT molecular complexity index is 814. The summed E-state index contributed by atoms with van der Waals surface area (Å²) < 4.78 is 14.7. The van der Waals surface area contributed by atoms with Crippen molar-refractivity contribution in [2.24, 2.45) is 0 Å². The van der Waals surface area contributed by atoms with Crippen LogP contribution in [0.25, 0.3) is 5.69 Å². The van der Waals surface area contributed by atoms with Gasteiger partial charge in [0.1, 0.15) is 11.0 Å².